The minimum absolute atomic E-state index is 0.421. The third-order valence-electron chi connectivity index (χ3n) is 3.78. The fourth-order valence-corrected chi connectivity index (χ4v) is 3.02. The van der Waals surface area contributed by atoms with Gasteiger partial charge in [-0.25, -0.2) is 0 Å². The van der Waals surface area contributed by atoms with Crippen molar-refractivity contribution in [3.63, 3.8) is 0 Å². The maximum absolute atomic E-state index is 6.25. The molecule has 0 radical (unpaired) electrons. The standard InChI is InChI=1S/C13H14Cl2N2/c1-7-11-8-3-4-9(14)12(15)13(8)16-10(11)5-6-17(7)2/h3-4,7,16H,5-6H2,1-2H3. The molecule has 0 amide bonds. The number of aromatic amines is 1. The van der Waals surface area contributed by atoms with Crippen LogP contribution in [0.4, 0.5) is 0 Å². The van der Waals surface area contributed by atoms with Crippen LogP contribution in [0.5, 0.6) is 0 Å². The van der Waals surface area contributed by atoms with Crippen molar-refractivity contribution in [3.05, 3.63) is 33.4 Å². The van der Waals surface area contributed by atoms with Gasteiger partial charge in [0.1, 0.15) is 0 Å². The number of hydrogen-bond acceptors (Lipinski definition) is 1. The number of hydrogen-bond donors (Lipinski definition) is 1. The fourth-order valence-electron chi connectivity index (χ4n) is 2.65. The van der Waals surface area contributed by atoms with E-state index in [1.807, 2.05) is 6.07 Å². The van der Waals surface area contributed by atoms with Crippen LogP contribution in [-0.4, -0.2) is 23.5 Å². The van der Waals surface area contributed by atoms with E-state index in [-0.39, 0.29) is 0 Å². The normalized spacial score (nSPS) is 20.8. The summed E-state index contributed by atoms with van der Waals surface area (Å²) >= 11 is 12.3. The van der Waals surface area contributed by atoms with E-state index in [0.29, 0.717) is 16.1 Å². The minimum Gasteiger partial charge on any atom is -0.357 e. The second-order valence-corrected chi connectivity index (χ2v) is 5.49. The van der Waals surface area contributed by atoms with Crippen LogP contribution < -0.4 is 0 Å². The van der Waals surface area contributed by atoms with Crippen LogP contribution in [0, 0.1) is 0 Å². The maximum Gasteiger partial charge on any atom is 0.0833 e. The monoisotopic (exact) mass is 268 g/mol. The smallest absolute Gasteiger partial charge is 0.0833 e. The molecule has 0 fully saturated rings. The molecule has 1 unspecified atom stereocenters. The largest absolute Gasteiger partial charge is 0.357 e. The molecular weight excluding hydrogens is 255 g/mol. The number of fused-ring (bicyclic) bond motifs is 3. The number of benzene rings is 1. The highest BCUT2D eigenvalue weighted by atomic mass is 35.5. The van der Waals surface area contributed by atoms with Crippen molar-refractivity contribution in [1.82, 2.24) is 9.88 Å². The van der Waals surface area contributed by atoms with Crippen molar-refractivity contribution >= 4 is 34.1 Å². The van der Waals surface area contributed by atoms with E-state index in [2.05, 4.69) is 29.9 Å². The summed E-state index contributed by atoms with van der Waals surface area (Å²) in [5.41, 5.74) is 3.65. The first-order valence-electron chi connectivity index (χ1n) is 5.78. The van der Waals surface area contributed by atoms with Crippen LogP contribution in [-0.2, 0) is 6.42 Å². The third kappa shape index (κ3) is 1.59. The number of H-pyrrole nitrogens is 1. The predicted octanol–water partition coefficient (Wildman–Crippen LogP) is 4.02. The highest BCUT2D eigenvalue weighted by Gasteiger charge is 2.25. The van der Waals surface area contributed by atoms with Gasteiger partial charge in [0.2, 0.25) is 0 Å². The number of likely N-dealkylation sites (N-methyl/N-ethyl adjacent to an activating group) is 1. The predicted molar refractivity (Wildman–Crippen MR) is 73.1 cm³/mol. The summed E-state index contributed by atoms with van der Waals surface area (Å²) < 4.78 is 0. The van der Waals surface area contributed by atoms with Gasteiger partial charge < -0.3 is 4.98 Å². The molecule has 3 rings (SSSR count). The van der Waals surface area contributed by atoms with Gasteiger partial charge in [-0.2, -0.15) is 0 Å². The lowest BCUT2D eigenvalue weighted by atomic mass is 9.98. The molecule has 0 spiro atoms. The first kappa shape index (κ1) is 11.4. The van der Waals surface area contributed by atoms with Gasteiger partial charge in [0.15, 0.2) is 0 Å². The van der Waals surface area contributed by atoms with Crippen molar-refractivity contribution in [2.24, 2.45) is 0 Å². The highest BCUT2D eigenvalue weighted by molar-refractivity contribution is 6.45. The summed E-state index contributed by atoms with van der Waals surface area (Å²) in [4.78, 5) is 5.79. The molecule has 0 saturated carbocycles. The third-order valence-corrected chi connectivity index (χ3v) is 4.58. The van der Waals surface area contributed by atoms with Crippen LogP contribution in [0.3, 0.4) is 0 Å². The maximum atomic E-state index is 6.25. The summed E-state index contributed by atoms with van der Waals surface area (Å²) in [6.45, 7) is 3.31. The number of halogens is 2. The van der Waals surface area contributed by atoms with Gasteiger partial charge in [-0.3, -0.25) is 4.90 Å². The number of nitrogens with zero attached hydrogens (tertiary/aromatic N) is 1. The average Bonchev–Trinajstić information content (AvgIpc) is 2.69. The van der Waals surface area contributed by atoms with Crippen molar-refractivity contribution in [1.29, 1.82) is 0 Å². The Morgan fingerprint density at radius 2 is 2.12 bits per heavy atom. The molecule has 0 saturated heterocycles. The van der Waals surface area contributed by atoms with Crippen molar-refractivity contribution in [2.45, 2.75) is 19.4 Å². The van der Waals surface area contributed by atoms with E-state index >= 15 is 0 Å². The summed E-state index contributed by atoms with van der Waals surface area (Å²) in [5, 5.41) is 2.45. The van der Waals surface area contributed by atoms with Gasteiger partial charge in [-0.05, 0) is 25.6 Å². The first-order valence-corrected chi connectivity index (χ1v) is 6.54. The molecule has 1 aliphatic rings. The highest BCUT2D eigenvalue weighted by Crippen LogP contribution is 2.39. The lowest BCUT2D eigenvalue weighted by molar-refractivity contribution is 0.248. The van der Waals surface area contributed by atoms with Gasteiger partial charge in [0.05, 0.1) is 15.6 Å². The molecule has 2 aromatic rings. The Morgan fingerprint density at radius 1 is 1.35 bits per heavy atom. The molecule has 1 atom stereocenters. The van der Waals surface area contributed by atoms with Crippen LogP contribution in [0.2, 0.25) is 10.0 Å². The molecule has 1 aromatic carbocycles. The Bertz CT molecular complexity index is 589. The summed E-state index contributed by atoms with van der Waals surface area (Å²) in [7, 11) is 2.16. The van der Waals surface area contributed by atoms with E-state index in [9.17, 15) is 0 Å². The van der Waals surface area contributed by atoms with Crippen LogP contribution in [0.15, 0.2) is 12.1 Å². The van der Waals surface area contributed by atoms with Crippen molar-refractivity contribution in [3.8, 4) is 0 Å². The van der Waals surface area contributed by atoms with Crippen molar-refractivity contribution < 1.29 is 0 Å². The number of rotatable bonds is 0. The van der Waals surface area contributed by atoms with E-state index in [1.54, 1.807) is 0 Å². The first-order chi connectivity index (χ1) is 8.09. The fraction of sp³-hybridized carbons (Fsp3) is 0.385. The summed E-state index contributed by atoms with van der Waals surface area (Å²) in [6.07, 6.45) is 1.04. The van der Waals surface area contributed by atoms with E-state index < -0.39 is 0 Å². The Hall–Kier alpha value is -0.700. The van der Waals surface area contributed by atoms with E-state index in [0.717, 1.165) is 18.5 Å². The minimum atomic E-state index is 0.421. The zero-order valence-corrected chi connectivity index (χ0v) is 11.4. The van der Waals surface area contributed by atoms with Gasteiger partial charge in [0, 0.05) is 30.1 Å². The molecule has 90 valence electrons. The van der Waals surface area contributed by atoms with E-state index in [1.165, 1.54) is 16.6 Å². The van der Waals surface area contributed by atoms with Crippen molar-refractivity contribution in [2.75, 3.05) is 13.6 Å². The molecule has 0 bridgehead atoms. The molecule has 17 heavy (non-hydrogen) atoms. The lowest BCUT2D eigenvalue weighted by Gasteiger charge is -2.30. The Balaban J connectivity index is 2.33. The molecule has 1 N–H and O–H groups in total. The molecule has 2 heterocycles. The summed E-state index contributed by atoms with van der Waals surface area (Å²) in [5.74, 6) is 0. The van der Waals surface area contributed by atoms with Crippen LogP contribution in [0.1, 0.15) is 24.2 Å². The molecule has 2 nitrogen and oxygen atoms in total. The van der Waals surface area contributed by atoms with Gasteiger partial charge >= 0.3 is 0 Å². The molecule has 0 aliphatic carbocycles. The second-order valence-electron chi connectivity index (χ2n) is 4.71. The van der Waals surface area contributed by atoms with Gasteiger partial charge in [-0.15, -0.1) is 0 Å². The SMILES string of the molecule is CC1c2c([nH]c3c(Cl)c(Cl)ccc23)CCN1C. The topological polar surface area (TPSA) is 19.0 Å². The van der Waals surface area contributed by atoms with Crippen LogP contribution in [0.25, 0.3) is 10.9 Å². The quantitative estimate of drug-likeness (QED) is 0.765. The lowest BCUT2D eigenvalue weighted by Crippen LogP contribution is -2.29. The Labute approximate surface area is 111 Å². The average molecular weight is 269 g/mol. The number of nitrogens with one attached hydrogen (secondary N) is 1. The zero-order valence-electron chi connectivity index (χ0n) is 9.85. The van der Waals surface area contributed by atoms with Crippen LogP contribution >= 0.6 is 23.2 Å². The van der Waals surface area contributed by atoms with E-state index in [4.69, 9.17) is 23.2 Å². The Kier molecular flexibility index (Phi) is 2.62. The molecule has 4 heteroatoms. The molecule has 1 aromatic heterocycles. The number of aromatic nitrogens is 1. The second kappa shape index (κ2) is 3.91. The Morgan fingerprint density at radius 3 is 2.88 bits per heavy atom. The van der Waals surface area contributed by atoms with Gasteiger partial charge in [-0.1, -0.05) is 29.3 Å². The molecular formula is C13H14Cl2N2. The molecule has 1 aliphatic heterocycles. The summed E-state index contributed by atoms with van der Waals surface area (Å²) in [6, 6.07) is 4.36. The zero-order chi connectivity index (χ0) is 12.2. The van der Waals surface area contributed by atoms with Gasteiger partial charge in [0.25, 0.3) is 0 Å².